The van der Waals surface area contributed by atoms with Gasteiger partial charge in [-0.2, -0.15) is 5.10 Å². The average molecular weight is 387 g/mol. The molecule has 2 aromatic rings. The molecule has 28 heavy (non-hydrogen) atoms. The summed E-state index contributed by atoms with van der Waals surface area (Å²) in [5.74, 6) is -0.535. The van der Waals surface area contributed by atoms with Gasteiger partial charge in [-0.1, -0.05) is 18.2 Å². The molecule has 1 amide bonds. The lowest BCUT2D eigenvalue weighted by atomic mass is 10.1. The van der Waals surface area contributed by atoms with Crippen molar-refractivity contribution in [2.75, 3.05) is 0 Å². The SMILES string of the molecule is CC(C)(C)OC(=O)N[C@H](Cc1ccn(-c2ccccc2)n1)C(=O)OC(C)(C)C. The summed E-state index contributed by atoms with van der Waals surface area (Å²) in [6.45, 7) is 10.6. The van der Waals surface area contributed by atoms with Crippen molar-refractivity contribution in [1.29, 1.82) is 0 Å². The van der Waals surface area contributed by atoms with Crippen molar-refractivity contribution in [3.05, 3.63) is 48.3 Å². The summed E-state index contributed by atoms with van der Waals surface area (Å²) < 4.78 is 12.4. The van der Waals surface area contributed by atoms with Crippen LogP contribution in [0.25, 0.3) is 5.69 Å². The minimum Gasteiger partial charge on any atom is -0.458 e. The number of hydrogen-bond donors (Lipinski definition) is 1. The number of hydrogen-bond acceptors (Lipinski definition) is 5. The van der Waals surface area contributed by atoms with E-state index >= 15 is 0 Å². The van der Waals surface area contributed by atoms with Gasteiger partial charge in [0.1, 0.15) is 17.2 Å². The van der Waals surface area contributed by atoms with Gasteiger partial charge in [-0.25, -0.2) is 14.3 Å². The largest absolute Gasteiger partial charge is 0.458 e. The van der Waals surface area contributed by atoms with Gasteiger partial charge >= 0.3 is 12.1 Å². The van der Waals surface area contributed by atoms with Crippen LogP contribution in [-0.2, 0) is 20.7 Å². The quantitative estimate of drug-likeness (QED) is 0.792. The number of alkyl carbamates (subject to hydrolysis) is 1. The summed E-state index contributed by atoms with van der Waals surface area (Å²) in [5, 5.41) is 7.11. The topological polar surface area (TPSA) is 82.5 Å². The molecule has 1 aromatic heterocycles. The molecule has 0 aliphatic rings. The Bertz CT molecular complexity index is 801. The van der Waals surface area contributed by atoms with Crippen molar-refractivity contribution in [2.24, 2.45) is 0 Å². The predicted molar refractivity (Wildman–Crippen MR) is 106 cm³/mol. The summed E-state index contributed by atoms with van der Waals surface area (Å²) in [4.78, 5) is 24.8. The lowest BCUT2D eigenvalue weighted by Gasteiger charge is -2.26. The third-order valence-electron chi connectivity index (χ3n) is 3.46. The van der Waals surface area contributed by atoms with Crippen LogP contribution >= 0.6 is 0 Å². The normalized spacial score (nSPS) is 12.9. The zero-order valence-corrected chi connectivity index (χ0v) is 17.4. The Balaban J connectivity index is 2.16. The van der Waals surface area contributed by atoms with E-state index in [4.69, 9.17) is 9.47 Å². The zero-order chi connectivity index (χ0) is 20.9. The summed E-state index contributed by atoms with van der Waals surface area (Å²) in [6, 6.07) is 10.5. The maximum absolute atomic E-state index is 12.6. The molecular formula is C21H29N3O4. The number of amides is 1. The molecule has 1 N–H and O–H groups in total. The van der Waals surface area contributed by atoms with E-state index in [1.54, 1.807) is 52.3 Å². The fourth-order valence-electron chi connectivity index (χ4n) is 2.42. The van der Waals surface area contributed by atoms with Crippen LogP contribution in [0.15, 0.2) is 42.6 Å². The van der Waals surface area contributed by atoms with Gasteiger partial charge in [0.05, 0.1) is 11.4 Å². The van der Waals surface area contributed by atoms with Gasteiger partial charge in [0, 0.05) is 12.6 Å². The monoisotopic (exact) mass is 387 g/mol. The number of nitrogens with one attached hydrogen (secondary N) is 1. The highest BCUT2D eigenvalue weighted by Crippen LogP contribution is 2.14. The van der Waals surface area contributed by atoms with Crippen LogP contribution in [0.5, 0.6) is 0 Å². The van der Waals surface area contributed by atoms with Gasteiger partial charge in [-0.05, 0) is 59.7 Å². The maximum Gasteiger partial charge on any atom is 0.408 e. The lowest BCUT2D eigenvalue weighted by molar-refractivity contribution is -0.157. The smallest absolute Gasteiger partial charge is 0.408 e. The second-order valence-electron chi connectivity index (χ2n) is 8.52. The van der Waals surface area contributed by atoms with Crippen molar-refractivity contribution >= 4 is 12.1 Å². The first kappa shape index (κ1) is 21.5. The number of benzene rings is 1. The molecule has 0 saturated heterocycles. The highest BCUT2D eigenvalue weighted by Gasteiger charge is 2.29. The Morgan fingerprint density at radius 1 is 1.00 bits per heavy atom. The molecule has 7 heteroatoms. The second kappa shape index (κ2) is 8.46. The lowest BCUT2D eigenvalue weighted by Crippen LogP contribution is -2.47. The summed E-state index contributed by atoms with van der Waals surface area (Å²) in [5.41, 5.74) is 0.213. The van der Waals surface area contributed by atoms with Gasteiger partial charge < -0.3 is 14.8 Å². The number of nitrogens with zero attached hydrogens (tertiary/aromatic N) is 2. The van der Waals surface area contributed by atoms with Crippen molar-refractivity contribution < 1.29 is 19.1 Å². The van der Waals surface area contributed by atoms with E-state index in [0.29, 0.717) is 5.69 Å². The van der Waals surface area contributed by atoms with Gasteiger partial charge in [-0.15, -0.1) is 0 Å². The van der Waals surface area contributed by atoms with Gasteiger partial charge in [0.2, 0.25) is 0 Å². The van der Waals surface area contributed by atoms with E-state index < -0.39 is 29.3 Å². The van der Waals surface area contributed by atoms with Crippen molar-refractivity contribution in [3.63, 3.8) is 0 Å². The van der Waals surface area contributed by atoms with Crippen LogP contribution in [0, 0.1) is 0 Å². The van der Waals surface area contributed by atoms with Crippen LogP contribution in [-0.4, -0.2) is 39.1 Å². The third kappa shape index (κ3) is 7.06. The minimum atomic E-state index is -0.909. The minimum absolute atomic E-state index is 0.188. The average Bonchev–Trinajstić information content (AvgIpc) is 3.00. The van der Waals surface area contributed by atoms with Crippen molar-refractivity contribution in [2.45, 2.75) is 65.2 Å². The molecule has 1 atom stereocenters. The van der Waals surface area contributed by atoms with Crippen LogP contribution in [0.4, 0.5) is 4.79 Å². The maximum atomic E-state index is 12.6. The Morgan fingerprint density at radius 3 is 2.18 bits per heavy atom. The van der Waals surface area contributed by atoms with Crippen LogP contribution in [0.1, 0.15) is 47.2 Å². The number of aromatic nitrogens is 2. The van der Waals surface area contributed by atoms with Crippen molar-refractivity contribution in [1.82, 2.24) is 15.1 Å². The third-order valence-corrected chi connectivity index (χ3v) is 3.46. The first-order chi connectivity index (χ1) is 12.9. The molecule has 0 fully saturated rings. The molecule has 0 saturated carbocycles. The molecule has 2 rings (SSSR count). The van der Waals surface area contributed by atoms with E-state index in [9.17, 15) is 9.59 Å². The van der Waals surface area contributed by atoms with E-state index in [2.05, 4.69) is 10.4 Å². The van der Waals surface area contributed by atoms with E-state index in [1.165, 1.54) is 0 Å². The molecule has 0 radical (unpaired) electrons. The van der Waals surface area contributed by atoms with E-state index in [-0.39, 0.29) is 6.42 Å². The highest BCUT2D eigenvalue weighted by atomic mass is 16.6. The Kier molecular flexibility index (Phi) is 6.48. The number of ether oxygens (including phenoxy) is 2. The predicted octanol–water partition coefficient (Wildman–Crippen LogP) is 3.65. The van der Waals surface area contributed by atoms with Gasteiger partial charge in [0.15, 0.2) is 0 Å². The van der Waals surface area contributed by atoms with E-state index in [1.807, 2.05) is 36.5 Å². The molecule has 0 aliphatic heterocycles. The molecule has 0 bridgehead atoms. The fourth-order valence-corrected chi connectivity index (χ4v) is 2.42. The molecule has 1 heterocycles. The van der Waals surface area contributed by atoms with Gasteiger partial charge in [0.25, 0.3) is 0 Å². The summed E-state index contributed by atoms with van der Waals surface area (Å²) in [7, 11) is 0. The molecular weight excluding hydrogens is 358 g/mol. The number of carbonyl (C=O) groups is 2. The van der Waals surface area contributed by atoms with Crippen LogP contribution in [0.2, 0.25) is 0 Å². The summed E-state index contributed by atoms with van der Waals surface area (Å²) >= 11 is 0. The molecule has 0 unspecified atom stereocenters. The summed E-state index contributed by atoms with van der Waals surface area (Å²) in [6.07, 6.45) is 1.32. The number of carbonyl (C=O) groups excluding carboxylic acids is 2. The Labute approximate surface area is 166 Å². The van der Waals surface area contributed by atoms with E-state index in [0.717, 1.165) is 5.69 Å². The number of esters is 1. The molecule has 7 nitrogen and oxygen atoms in total. The molecule has 1 aromatic carbocycles. The van der Waals surface area contributed by atoms with Crippen LogP contribution < -0.4 is 5.32 Å². The Hall–Kier alpha value is -2.83. The second-order valence-corrected chi connectivity index (χ2v) is 8.52. The van der Waals surface area contributed by atoms with Gasteiger partial charge in [-0.3, -0.25) is 0 Å². The molecule has 0 spiro atoms. The molecule has 0 aliphatic carbocycles. The zero-order valence-electron chi connectivity index (χ0n) is 17.4. The Morgan fingerprint density at radius 2 is 1.61 bits per heavy atom. The first-order valence-electron chi connectivity index (χ1n) is 9.25. The van der Waals surface area contributed by atoms with Crippen LogP contribution in [0.3, 0.4) is 0 Å². The molecule has 152 valence electrons. The number of rotatable bonds is 5. The highest BCUT2D eigenvalue weighted by molar-refractivity contribution is 5.82. The standard InChI is InChI=1S/C21H29N3O4/c1-20(2,3)27-18(25)17(22-19(26)28-21(4,5)6)14-15-12-13-24(23-15)16-10-8-7-9-11-16/h7-13,17H,14H2,1-6H3,(H,22,26)/t17-/m1/s1. The number of para-hydroxylation sites is 1. The van der Waals surface area contributed by atoms with Crippen molar-refractivity contribution in [3.8, 4) is 5.69 Å². The fraction of sp³-hybridized carbons (Fsp3) is 0.476. The first-order valence-corrected chi connectivity index (χ1v) is 9.25.